The smallest absolute Gasteiger partial charge is 0.103 e. The molecule has 1 saturated carbocycles. The number of rotatable bonds is 7. The van der Waals surface area contributed by atoms with Crippen molar-refractivity contribution in [2.45, 2.75) is 51.4 Å². The minimum absolute atomic E-state index is 0.693. The van der Waals surface area contributed by atoms with E-state index in [1.807, 2.05) is 23.1 Å². The predicted octanol–water partition coefficient (Wildman–Crippen LogP) is 3.46. The number of aromatic nitrogens is 1. The monoisotopic (exact) mass is 270 g/mol. The van der Waals surface area contributed by atoms with Crippen molar-refractivity contribution in [3.63, 3.8) is 0 Å². The summed E-state index contributed by atoms with van der Waals surface area (Å²) in [6.45, 7) is 5.57. The molecule has 1 aromatic heterocycles. The van der Waals surface area contributed by atoms with Crippen molar-refractivity contribution < 1.29 is 0 Å². The van der Waals surface area contributed by atoms with Crippen molar-refractivity contribution in [3.05, 3.63) is 15.6 Å². The molecule has 0 radical (unpaired) electrons. The van der Waals surface area contributed by atoms with E-state index in [2.05, 4.69) is 25.4 Å². The molecule has 0 atom stereocenters. The van der Waals surface area contributed by atoms with Gasteiger partial charge < -0.3 is 5.32 Å². The molecule has 0 aliphatic heterocycles. The number of hydrogen-bond acceptors (Lipinski definition) is 4. The van der Waals surface area contributed by atoms with E-state index in [4.69, 9.17) is 4.98 Å². The number of nitrogens with one attached hydrogen (secondary N) is 1. The van der Waals surface area contributed by atoms with Gasteiger partial charge in [-0.1, -0.05) is 13.8 Å². The molecular formula is C13H22N2S2. The predicted molar refractivity (Wildman–Crippen MR) is 77.7 cm³/mol. The van der Waals surface area contributed by atoms with Crippen LogP contribution in [-0.4, -0.2) is 17.3 Å². The molecule has 2 nitrogen and oxygen atoms in total. The molecule has 0 spiro atoms. The van der Waals surface area contributed by atoms with Crippen molar-refractivity contribution in [1.82, 2.24) is 10.3 Å². The van der Waals surface area contributed by atoms with Gasteiger partial charge in [-0.3, -0.25) is 0 Å². The van der Waals surface area contributed by atoms with Gasteiger partial charge in [0.15, 0.2) is 0 Å². The van der Waals surface area contributed by atoms with Crippen molar-refractivity contribution >= 4 is 23.1 Å². The molecule has 1 aliphatic rings. The third-order valence-electron chi connectivity index (χ3n) is 2.82. The van der Waals surface area contributed by atoms with Gasteiger partial charge in [0, 0.05) is 23.2 Å². The minimum Gasteiger partial charge on any atom is -0.309 e. The minimum atomic E-state index is 0.693. The SMILES string of the molecule is CSCc1nc(CC(C)C)c(CNC2CC2)s1. The van der Waals surface area contributed by atoms with Gasteiger partial charge in [0.2, 0.25) is 0 Å². The van der Waals surface area contributed by atoms with Crippen LogP contribution in [-0.2, 0) is 18.7 Å². The van der Waals surface area contributed by atoms with Crippen LogP contribution in [0.3, 0.4) is 0 Å². The van der Waals surface area contributed by atoms with E-state index in [0.29, 0.717) is 5.92 Å². The number of hydrogen-bond donors (Lipinski definition) is 1. The molecular weight excluding hydrogens is 248 g/mol. The van der Waals surface area contributed by atoms with Crippen LogP contribution in [0.5, 0.6) is 0 Å². The quantitative estimate of drug-likeness (QED) is 0.821. The Kier molecular flexibility index (Phi) is 4.88. The molecule has 1 fully saturated rings. The van der Waals surface area contributed by atoms with E-state index in [0.717, 1.165) is 24.8 Å². The zero-order chi connectivity index (χ0) is 12.3. The molecule has 1 aromatic rings. The van der Waals surface area contributed by atoms with Gasteiger partial charge in [0.1, 0.15) is 5.01 Å². The van der Waals surface area contributed by atoms with E-state index < -0.39 is 0 Å². The first kappa shape index (κ1) is 13.4. The zero-order valence-corrected chi connectivity index (χ0v) is 12.6. The summed E-state index contributed by atoms with van der Waals surface area (Å²) in [6.07, 6.45) is 5.98. The van der Waals surface area contributed by atoms with Crippen LogP contribution >= 0.6 is 23.1 Å². The Balaban J connectivity index is 2.02. The molecule has 0 aromatic carbocycles. The Morgan fingerprint density at radius 3 is 2.82 bits per heavy atom. The van der Waals surface area contributed by atoms with Crippen LogP contribution in [0.15, 0.2) is 0 Å². The molecule has 96 valence electrons. The second-order valence-corrected chi connectivity index (χ2v) is 7.20. The lowest BCUT2D eigenvalue weighted by Gasteiger charge is -2.05. The lowest BCUT2D eigenvalue weighted by Crippen LogP contribution is -2.15. The average Bonchev–Trinajstić information content (AvgIpc) is 3.00. The molecule has 2 rings (SSSR count). The van der Waals surface area contributed by atoms with Crippen molar-refractivity contribution in [2.75, 3.05) is 6.26 Å². The average molecular weight is 270 g/mol. The normalized spacial score (nSPS) is 15.8. The molecule has 4 heteroatoms. The van der Waals surface area contributed by atoms with Gasteiger partial charge in [-0.2, -0.15) is 11.8 Å². The van der Waals surface area contributed by atoms with Gasteiger partial charge in [-0.15, -0.1) is 11.3 Å². The van der Waals surface area contributed by atoms with E-state index in [1.165, 1.54) is 28.4 Å². The highest BCUT2D eigenvalue weighted by atomic mass is 32.2. The Morgan fingerprint density at radius 1 is 1.47 bits per heavy atom. The Hall–Kier alpha value is -0.0600. The van der Waals surface area contributed by atoms with Crippen molar-refractivity contribution in [2.24, 2.45) is 5.92 Å². The standard InChI is InChI=1S/C13H22N2S2/c1-9(2)6-11-12(7-14-10-4-5-10)17-13(15-11)8-16-3/h9-10,14H,4-8H2,1-3H3. The summed E-state index contributed by atoms with van der Waals surface area (Å²) >= 11 is 3.76. The largest absolute Gasteiger partial charge is 0.309 e. The molecule has 1 heterocycles. The second kappa shape index (κ2) is 6.21. The fraction of sp³-hybridized carbons (Fsp3) is 0.769. The van der Waals surface area contributed by atoms with Gasteiger partial charge in [0.25, 0.3) is 0 Å². The Bertz CT molecular complexity index is 356. The van der Waals surface area contributed by atoms with Crippen molar-refractivity contribution in [3.8, 4) is 0 Å². The third-order valence-corrected chi connectivity index (χ3v) is 4.66. The van der Waals surface area contributed by atoms with Gasteiger partial charge in [-0.05, 0) is 31.4 Å². The first-order valence-corrected chi connectivity index (χ1v) is 8.60. The van der Waals surface area contributed by atoms with Gasteiger partial charge >= 0.3 is 0 Å². The molecule has 0 saturated heterocycles. The highest BCUT2D eigenvalue weighted by molar-refractivity contribution is 7.97. The Labute approximate surface area is 113 Å². The molecule has 0 bridgehead atoms. The topological polar surface area (TPSA) is 24.9 Å². The first-order valence-electron chi connectivity index (χ1n) is 6.38. The number of nitrogens with zero attached hydrogens (tertiary/aromatic N) is 1. The van der Waals surface area contributed by atoms with Crippen LogP contribution < -0.4 is 5.32 Å². The highest BCUT2D eigenvalue weighted by Gasteiger charge is 2.21. The number of thioether (sulfide) groups is 1. The lowest BCUT2D eigenvalue weighted by atomic mass is 10.1. The zero-order valence-electron chi connectivity index (χ0n) is 11.0. The van der Waals surface area contributed by atoms with Crippen LogP contribution in [0.1, 0.15) is 42.3 Å². The summed E-state index contributed by atoms with van der Waals surface area (Å²) in [7, 11) is 0. The van der Waals surface area contributed by atoms with Gasteiger partial charge in [-0.25, -0.2) is 4.98 Å². The summed E-state index contributed by atoms with van der Waals surface area (Å²) in [5.74, 6) is 1.75. The summed E-state index contributed by atoms with van der Waals surface area (Å²) in [5, 5.41) is 4.90. The summed E-state index contributed by atoms with van der Waals surface area (Å²) in [4.78, 5) is 6.26. The Morgan fingerprint density at radius 2 is 2.24 bits per heavy atom. The first-order chi connectivity index (χ1) is 8.19. The van der Waals surface area contributed by atoms with E-state index in [1.54, 1.807) is 0 Å². The third kappa shape index (κ3) is 4.27. The van der Waals surface area contributed by atoms with Crippen LogP contribution in [0.2, 0.25) is 0 Å². The molecule has 17 heavy (non-hydrogen) atoms. The highest BCUT2D eigenvalue weighted by Crippen LogP contribution is 2.26. The second-order valence-electron chi connectivity index (χ2n) is 5.16. The fourth-order valence-electron chi connectivity index (χ4n) is 1.83. The summed E-state index contributed by atoms with van der Waals surface area (Å²) in [6, 6.07) is 0.785. The van der Waals surface area contributed by atoms with Crippen LogP contribution in [0.25, 0.3) is 0 Å². The summed E-state index contributed by atoms with van der Waals surface area (Å²) < 4.78 is 0. The molecule has 1 N–H and O–H groups in total. The lowest BCUT2D eigenvalue weighted by molar-refractivity contribution is 0.623. The maximum atomic E-state index is 4.80. The maximum absolute atomic E-state index is 4.80. The number of thiazole rings is 1. The van der Waals surface area contributed by atoms with Crippen molar-refractivity contribution in [1.29, 1.82) is 0 Å². The van der Waals surface area contributed by atoms with Gasteiger partial charge in [0.05, 0.1) is 5.69 Å². The van der Waals surface area contributed by atoms with Crippen LogP contribution in [0.4, 0.5) is 0 Å². The summed E-state index contributed by atoms with van der Waals surface area (Å²) in [5.41, 5.74) is 1.34. The maximum Gasteiger partial charge on any atom is 0.103 e. The van der Waals surface area contributed by atoms with E-state index in [-0.39, 0.29) is 0 Å². The molecule has 0 amide bonds. The van der Waals surface area contributed by atoms with E-state index >= 15 is 0 Å². The molecule has 1 aliphatic carbocycles. The molecule has 0 unspecified atom stereocenters. The van der Waals surface area contributed by atoms with Crippen LogP contribution in [0, 0.1) is 5.92 Å². The van der Waals surface area contributed by atoms with E-state index in [9.17, 15) is 0 Å². The fourth-order valence-corrected chi connectivity index (χ4v) is 3.57.